The fraction of sp³-hybridized carbons (Fsp3) is 0. The maximum Gasteiger partial charge on any atom is 0.165 e. The third-order valence-electron chi connectivity index (χ3n) is 9.91. The first-order chi connectivity index (χ1) is 24.8. The summed E-state index contributed by atoms with van der Waals surface area (Å²) in [7, 11) is 0. The van der Waals surface area contributed by atoms with Crippen LogP contribution >= 0.6 is 0 Å². The van der Waals surface area contributed by atoms with Crippen LogP contribution in [0.15, 0.2) is 176 Å². The second-order valence-corrected chi connectivity index (χ2v) is 12.7. The molecule has 8 aromatic carbocycles. The fourth-order valence-electron chi connectivity index (χ4n) is 7.65. The Labute approximate surface area is 290 Å². The van der Waals surface area contributed by atoms with Gasteiger partial charge in [0.15, 0.2) is 17.5 Å². The van der Waals surface area contributed by atoms with Gasteiger partial charge in [-0.05, 0) is 66.1 Å². The van der Waals surface area contributed by atoms with Crippen LogP contribution in [-0.2, 0) is 0 Å². The highest BCUT2D eigenvalue weighted by Crippen LogP contribution is 2.50. The van der Waals surface area contributed by atoms with Crippen LogP contribution in [0, 0.1) is 0 Å². The maximum absolute atomic E-state index is 5.22. The molecule has 0 saturated heterocycles. The number of benzene rings is 8. The molecule has 0 atom stereocenters. The van der Waals surface area contributed by atoms with E-state index in [1.807, 2.05) is 36.4 Å². The van der Waals surface area contributed by atoms with Crippen LogP contribution in [0.4, 0.5) is 0 Å². The molecule has 1 aliphatic carbocycles. The summed E-state index contributed by atoms with van der Waals surface area (Å²) in [6.45, 7) is 0. The lowest BCUT2D eigenvalue weighted by Gasteiger charge is -2.18. The molecule has 0 bridgehead atoms. The summed E-state index contributed by atoms with van der Waals surface area (Å²) in [4.78, 5) is 15.4. The Balaban J connectivity index is 1.25. The van der Waals surface area contributed by atoms with E-state index in [0.717, 1.165) is 38.6 Å². The van der Waals surface area contributed by atoms with E-state index < -0.39 is 0 Å². The van der Waals surface area contributed by atoms with Gasteiger partial charge in [-0.25, -0.2) is 15.0 Å². The van der Waals surface area contributed by atoms with Gasteiger partial charge in [-0.1, -0.05) is 176 Å². The smallest absolute Gasteiger partial charge is 0.165 e. The molecule has 3 heteroatoms. The number of aromatic nitrogens is 3. The highest BCUT2D eigenvalue weighted by atomic mass is 15.0. The highest BCUT2D eigenvalue weighted by Gasteiger charge is 2.24. The molecule has 3 nitrogen and oxygen atoms in total. The molecule has 1 aliphatic rings. The molecular weight excluding hydrogens is 607 g/mol. The third kappa shape index (κ3) is 4.48. The average Bonchev–Trinajstić information content (AvgIpc) is 3.53. The quantitative estimate of drug-likeness (QED) is 0.189. The zero-order valence-corrected chi connectivity index (χ0v) is 27.1. The number of rotatable bonds is 5. The van der Waals surface area contributed by atoms with E-state index in [4.69, 9.17) is 15.0 Å². The number of fused-ring (bicyclic) bond motifs is 4. The Morgan fingerprint density at radius 3 is 1.36 bits per heavy atom. The van der Waals surface area contributed by atoms with E-state index in [1.165, 1.54) is 44.2 Å². The minimum Gasteiger partial charge on any atom is -0.208 e. The highest BCUT2D eigenvalue weighted by molar-refractivity contribution is 6.19. The van der Waals surface area contributed by atoms with Crippen molar-refractivity contribution in [2.24, 2.45) is 0 Å². The zero-order chi connectivity index (χ0) is 33.0. The van der Waals surface area contributed by atoms with Crippen molar-refractivity contribution in [3.05, 3.63) is 176 Å². The van der Waals surface area contributed by atoms with Crippen LogP contribution in [0.5, 0.6) is 0 Å². The van der Waals surface area contributed by atoms with Crippen LogP contribution < -0.4 is 0 Å². The van der Waals surface area contributed by atoms with Crippen LogP contribution in [0.1, 0.15) is 0 Å². The molecular formula is C47H29N3. The summed E-state index contributed by atoms with van der Waals surface area (Å²) in [6, 6.07) is 62.1. The zero-order valence-electron chi connectivity index (χ0n) is 27.1. The third-order valence-corrected chi connectivity index (χ3v) is 9.91. The van der Waals surface area contributed by atoms with E-state index in [0.29, 0.717) is 17.5 Å². The van der Waals surface area contributed by atoms with Crippen molar-refractivity contribution in [3.63, 3.8) is 0 Å². The lowest BCUT2D eigenvalue weighted by atomic mass is 9.86. The molecule has 0 fully saturated rings. The van der Waals surface area contributed by atoms with Crippen molar-refractivity contribution in [2.75, 3.05) is 0 Å². The van der Waals surface area contributed by atoms with Crippen molar-refractivity contribution in [2.45, 2.75) is 0 Å². The average molecular weight is 636 g/mol. The van der Waals surface area contributed by atoms with Gasteiger partial charge in [0.1, 0.15) is 0 Å². The molecule has 232 valence electrons. The SMILES string of the molecule is c1ccc(-c2nc(-c3ccccc3)nc(-c3c(-c4ccccc4-c4ccc5c6c(cccc46)-c4ccccc4-5)ccc4ccccc34)n2)cc1. The van der Waals surface area contributed by atoms with E-state index >= 15 is 0 Å². The van der Waals surface area contributed by atoms with Crippen molar-refractivity contribution in [3.8, 4) is 78.7 Å². The number of hydrogen-bond acceptors (Lipinski definition) is 3. The number of nitrogens with zero attached hydrogens (tertiary/aromatic N) is 3. The van der Waals surface area contributed by atoms with Gasteiger partial charge >= 0.3 is 0 Å². The molecule has 9 aromatic rings. The molecule has 0 saturated carbocycles. The van der Waals surface area contributed by atoms with Gasteiger partial charge < -0.3 is 0 Å². The van der Waals surface area contributed by atoms with E-state index in [9.17, 15) is 0 Å². The molecule has 0 unspecified atom stereocenters. The first-order valence-corrected chi connectivity index (χ1v) is 17.0. The van der Waals surface area contributed by atoms with E-state index in [-0.39, 0.29) is 0 Å². The van der Waals surface area contributed by atoms with Gasteiger partial charge in [-0.3, -0.25) is 0 Å². The van der Waals surface area contributed by atoms with Crippen LogP contribution in [-0.4, -0.2) is 15.0 Å². The maximum atomic E-state index is 5.22. The summed E-state index contributed by atoms with van der Waals surface area (Å²) in [5, 5.41) is 4.80. The van der Waals surface area contributed by atoms with Crippen LogP contribution in [0.25, 0.3) is 100 Å². The lowest BCUT2D eigenvalue weighted by molar-refractivity contribution is 1.08. The standard InChI is InChI=1S/C47H29N3/c1-3-15-31(16-4-1)45-48-46(32-17-5-2-6-18-32)50-47(49-45)44-33-19-8-7-14-30(33)26-27-42(44)35-21-10-9-20-34(35)38-28-29-41-37-23-12-11-22-36(37)39-24-13-25-40(38)43(39)41/h1-29H. The van der Waals surface area contributed by atoms with Crippen molar-refractivity contribution < 1.29 is 0 Å². The van der Waals surface area contributed by atoms with Gasteiger partial charge in [0, 0.05) is 16.7 Å². The molecule has 50 heavy (non-hydrogen) atoms. The molecule has 0 N–H and O–H groups in total. The van der Waals surface area contributed by atoms with Gasteiger partial charge in [-0.15, -0.1) is 0 Å². The Bertz CT molecular complexity index is 2660. The first kappa shape index (κ1) is 28.3. The first-order valence-electron chi connectivity index (χ1n) is 17.0. The van der Waals surface area contributed by atoms with Crippen molar-refractivity contribution in [1.82, 2.24) is 15.0 Å². The van der Waals surface area contributed by atoms with Crippen molar-refractivity contribution >= 4 is 21.5 Å². The Morgan fingerprint density at radius 1 is 0.260 bits per heavy atom. The molecule has 1 heterocycles. The monoisotopic (exact) mass is 635 g/mol. The topological polar surface area (TPSA) is 38.7 Å². The van der Waals surface area contributed by atoms with Crippen LogP contribution in [0.2, 0.25) is 0 Å². The molecule has 1 aromatic heterocycles. The van der Waals surface area contributed by atoms with E-state index in [2.05, 4.69) is 140 Å². The second kappa shape index (κ2) is 11.5. The van der Waals surface area contributed by atoms with Gasteiger partial charge in [0.25, 0.3) is 0 Å². The molecule has 0 radical (unpaired) electrons. The predicted octanol–water partition coefficient (Wildman–Crippen LogP) is 12.2. The lowest BCUT2D eigenvalue weighted by Crippen LogP contribution is -2.02. The largest absolute Gasteiger partial charge is 0.208 e. The summed E-state index contributed by atoms with van der Waals surface area (Å²) in [5.41, 5.74) is 12.7. The Morgan fingerprint density at radius 2 is 0.700 bits per heavy atom. The second-order valence-electron chi connectivity index (χ2n) is 12.7. The molecule has 0 amide bonds. The van der Waals surface area contributed by atoms with Crippen molar-refractivity contribution in [1.29, 1.82) is 0 Å². The van der Waals surface area contributed by atoms with Gasteiger partial charge in [0.05, 0.1) is 0 Å². The molecule has 10 rings (SSSR count). The number of hydrogen-bond donors (Lipinski definition) is 0. The minimum absolute atomic E-state index is 0.647. The van der Waals surface area contributed by atoms with Crippen LogP contribution in [0.3, 0.4) is 0 Å². The van der Waals surface area contributed by atoms with Gasteiger partial charge in [-0.2, -0.15) is 0 Å². The fourth-order valence-corrected chi connectivity index (χ4v) is 7.65. The van der Waals surface area contributed by atoms with E-state index in [1.54, 1.807) is 0 Å². The molecule has 0 spiro atoms. The predicted molar refractivity (Wildman–Crippen MR) is 206 cm³/mol. The Hall–Kier alpha value is -6.71. The normalized spacial score (nSPS) is 11.6. The Kier molecular flexibility index (Phi) is 6.49. The summed E-state index contributed by atoms with van der Waals surface area (Å²) >= 11 is 0. The molecule has 0 aliphatic heterocycles. The summed E-state index contributed by atoms with van der Waals surface area (Å²) in [5.74, 6) is 1.94. The summed E-state index contributed by atoms with van der Waals surface area (Å²) < 4.78 is 0. The minimum atomic E-state index is 0.647. The van der Waals surface area contributed by atoms with Gasteiger partial charge in [0.2, 0.25) is 0 Å². The summed E-state index contributed by atoms with van der Waals surface area (Å²) in [6.07, 6.45) is 0.